The van der Waals surface area contributed by atoms with Gasteiger partial charge in [-0.3, -0.25) is 10.1 Å². The average molecular weight is 283 g/mol. The van der Waals surface area contributed by atoms with Crippen LogP contribution in [0.2, 0.25) is 0 Å². The van der Waals surface area contributed by atoms with Crippen molar-refractivity contribution in [3.63, 3.8) is 0 Å². The molecule has 0 aliphatic rings. The van der Waals surface area contributed by atoms with Gasteiger partial charge in [0.15, 0.2) is 11.5 Å². The summed E-state index contributed by atoms with van der Waals surface area (Å²) in [4.78, 5) is 10.7. The smallest absolute Gasteiger partial charge is 0.277 e. The maximum atomic E-state index is 11.1. The van der Waals surface area contributed by atoms with E-state index in [1.165, 1.54) is 13.2 Å². The quantitative estimate of drug-likeness (QED) is 0.480. The Kier molecular flexibility index (Phi) is 4.42. The summed E-state index contributed by atoms with van der Waals surface area (Å²) in [6, 6.07) is 11.6. The number of ether oxygens (including phenoxy) is 2. The first-order chi connectivity index (χ1) is 10.2. The van der Waals surface area contributed by atoms with Gasteiger partial charge in [-0.15, -0.1) is 6.42 Å². The highest BCUT2D eigenvalue weighted by molar-refractivity contribution is 5.75. The molecule has 0 N–H and O–H groups in total. The third kappa shape index (κ3) is 3.12. The third-order valence-electron chi connectivity index (χ3n) is 2.89. The Labute approximate surface area is 122 Å². The van der Waals surface area contributed by atoms with Crippen LogP contribution < -0.4 is 9.47 Å². The molecular formula is C16H13NO4. The van der Waals surface area contributed by atoms with Gasteiger partial charge < -0.3 is 9.47 Å². The summed E-state index contributed by atoms with van der Waals surface area (Å²) in [5.41, 5.74) is 1.23. The Hall–Kier alpha value is -3.00. The standard InChI is InChI=1S/C16H13NO4/c1-3-10-21-15-9-8-12(11-16(15)20-2)13-6-4-5-7-14(13)17(18)19/h1,4-9,11H,10H2,2H3. The number of nitro benzene ring substituents is 1. The van der Waals surface area contributed by atoms with E-state index in [9.17, 15) is 10.1 Å². The van der Waals surface area contributed by atoms with Gasteiger partial charge in [-0.1, -0.05) is 24.1 Å². The van der Waals surface area contributed by atoms with Gasteiger partial charge in [-0.05, 0) is 23.8 Å². The minimum atomic E-state index is -0.412. The predicted octanol–water partition coefficient (Wildman–Crippen LogP) is 3.28. The summed E-state index contributed by atoms with van der Waals surface area (Å²) in [5.74, 6) is 3.34. The number of rotatable bonds is 5. The van der Waals surface area contributed by atoms with E-state index >= 15 is 0 Å². The van der Waals surface area contributed by atoms with Crippen LogP contribution in [-0.4, -0.2) is 18.6 Å². The number of para-hydroxylation sites is 1. The fraction of sp³-hybridized carbons (Fsp3) is 0.125. The minimum absolute atomic E-state index is 0.0387. The maximum Gasteiger partial charge on any atom is 0.277 e. The van der Waals surface area contributed by atoms with E-state index in [1.807, 2.05) is 0 Å². The molecule has 0 bridgehead atoms. The molecule has 0 atom stereocenters. The van der Waals surface area contributed by atoms with Gasteiger partial charge in [0.1, 0.15) is 6.61 Å². The van der Waals surface area contributed by atoms with Crippen molar-refractivity contribution in [3.05, 3.63) is 52.6 Å². The van der Waals surface area contributed by atoms with E-state index in [0.29, 0.717) is 22.6 Å². The molecule has 0 aromatic heterocycles. The van der Waals surface area contributed by atoms with Gasteiger partial charge in [0.25, 0.3) is 5.69 Å². The van der Waals surface area contributed by atoms with Gasteiger partial charge in [0, 0.05) is 6.07 Å². The summed E-state index contributed by atoms with van der Waals surface area (Å²) < 4.78 is 10.6. The minimum Gasteiger partial charge on any atom is -0.493 e. The number of methoxy groups -OCH3 is 1. The Balaban J connectivity index is 2.47. The molecule has 0 saturated heterocycles. The van der Waals surface area contributed by atoms with E-state index in [4.69, 9.17) is 15.9 Å². The highest BCUT2D eigenvalue weighted by Gasteiger charge is 2.16. The van der Waals surface area contributed by atoms with Crippen molar-refractivity contribution in [2.24, 2.45) is 0 Å². The van der Waals surface area contributed by atoms with Crippen molar-refractivity contribution in [1.82, 2.24) is 0 Å². The molecule has 0 unspecified atom stereocenters. The first-order valence-electron chi connectivity index (χ1n) is 6.15. The van der Waals surface area contributed by atoms with Crippen LogP contribution >= 0.6 is 0 Å². The lowest BCUT2D eigenvalue weighted by Crippen LogP contribution is -1.97. The van der Waals surface area contributed by atoms with Crippen LogP contribution in [0.5, 0.6) is 11.5 Å². The van der Waals surface area contributed by atoms with Crippen LogP contribution in [-0.2, 0) is 0 Å². The van der Waals surface area contributed by atoms with Crippen LogP contribution in [0.3, 0.4) is 0 Å². The number of nitro groups is 1. The lowest BCUT2D eigenvalue weighted by Gasteiger charge is -2.11. The monoisotopic (exact) mass is 283 g/mol. The predicted molar refractivity (Wildman–Crippen MR) is 79.4 cm³/mol. The molecule has 2 rings (SSSR count). The summed E-state index contributed by atoms with van der Waals surface area (Å²) in [6.07, 6.45) is 5.15. The average Bonchev–Trinajstić information content (AvgIpc) is 2.52. The van der Waals surface area contributed by atoms with Crippen LogP contribution in [0.4, 0.5) is 5.69 Å². The highest BCUT2D eigenvalue weighted by Crippen LogP contribution is 2.36. The van der Waals surface area contributed by atoms with Crippen molar-refractivity contribution >= 4 is 5.69 Å². The Morgan fingerprint density at radius 1 is 1.24 bits per heavy atom. The highest BCUT2D eigenvalue weighted by atomic mass is 16.6. The largest absolute Gasteiger partial charge is 0.493 e. The fourth-order valence-electron chi connectivity index (χ4n) is 1.95. The van der Waals surface area contributed by atoms with Crippen molar-refractivity contribution in [1.29, 1.82) is 0 Å². The lowest BCUT2D eigenvalue weighted by atomic mass is 10.0. The Bertz CT molecular complexity index is 704. The molecule has 21 heavy (non-hydrogen) atoms. The van der Waals surface area contributed by atoms with Crippen LogP contribution in [0.25, 0.3) is 11.1 Å². The molecular weight excluding hydrogens is 270 g/mol. The van der Waals surface area contributed by atoms with Gasteiger partial charge >= 0.3 is 0 Å². The van der Waals surface area contributed by atoms with Crippen LogP contribution in [0.1, 0.15) is 0 Å². The molecule has 106 valence electrons. The zero-order chi connectivity index (χ0) is 15.2. The Morgan fingerprint density at radius 2 is 2.00 bits per heavy atom. The summed E-state index contributed by atoms with van der Waals surface area (Å²) >= 11 is 0. The molecule has 0 aliphatic heterocycles. The molecule has 0 radical (unpaired) electrons. The van der Waals surface area contributed by atoms with E-state index in [-0.39, 0.29) is 12.3 Å². The lowest BCUT2D eigenvalue weighted by molar-refractivity contribution is -0.384. The molecule has 5 heteroatoms. The zero-order valence-electron chi connectivity index (χ0n) is 11.4. The molecule has 0 fully saturated rings. The molecule has 0 spiro atoms. The summed E-state index contributed by atoms with van der Waals surface area (Å²) in [7, 11) is 1.50. The number of terminal acetylenes is 1. The SMILES string of the molecule is C#CCOc1ccc(-c2ccccc2[N+](=O)[O-])cc1OC. The van der Waals surface area contributed by atoms with Crippen molar-refractivity contribution in [2.45, 2.75) is 0 Å². The van der Waals surface area contributed by atoms with E-state index in [1.54, 1.807) is 36.4 Å². The molecule has 0 amide bonds. The topological polar surface area (TPSA) is 61.6 Å². The second-order valence-corrected chi connectivity index (χ2v) is 4.13. The number of hydrogen-bond acceptors (Lipinski definition) is 4. The first-order valence-corrected chi connectivity index (χ1v) is 6.15. The number of hydrogen-bond donors (Lipinski definition) is 0. The van der Waals surface area contributed by atoms with E-state index in [2.05, 4.69) is 5.92 Å². The Morgan fingerprint density at radius 3 is 2.67 bits per heavy atom. The summed E-state index contributed by atoms with van der Waals surface area (Å²) in [6.45, 7) is 0.126. The van der Waals surface area contributed by atoms with E-state index < -0.39 is 4.92 Å². The van der Waals surface area contributed by atoms with Gasteiger partial charge in [0.05, 0.1) is 17.6 Å². The molecule has 2 aromatic carbocycles. The van der Waals surface area contributed by atoms with Crippen molar-refractivity contribution in [2.75, 3.05) is 13.7 Å². The normalized spacial score (nSPS) is 9.71. The number of nitrogens with zero attached hydrogens (tertiary/aromatic N) is 1. The molecule has 0 heterocycles. The summed E-state index contributed by atoms with van der Waals surface area (Å²) in [5, 5.41) is 11.1. The van der Waals surface area contributed by atoms with Crippen molar-refractivity contribution < 1.29 is 14.4 Å². The second kappa shape index (κ2) is 6.44. The van der Waals surface area contributed by atoms with E-state index in [0.717, 1.165) is 0 Å². The molecule has 5 nitrogen and oxygen atoms in total. The molecule has 2 aromatic rings. The zero-order valence-corrected chi connectivity index (χ0v) is 11.4. The fourth-order valence-corrected chi connectivity index (χ4v) is 1.95. The second-order valence-electron chi connectivity index (χ2n) is 4.13. The number of benzene rings is 2. The van der Waals surface area contributed by atoms with Gasteiger partial charge in [-0.2, -0.15) is 0 Å². The van der Waals surface area contributed by atoms with Crippen LogP contribution in [0.15, 0.2) is 42.5 Å². The van der Waals surface area contributed by atoms with Crippen LogP contribution in [0, 0.1) is 22.5 Å². The van der Waals surface area contributed by atoms with Gasteiger partial charge in [0.2, 0.25) is 0 Å². The maximum absolute atomic E-state index is 11.1. The third-order valence-corrected chi connectivity index (χ3v) is 2.89. The first kappa shape index (κ1) is 14.4. The van der Waals surface area contributed by atoms with Crippen molar-refractivity contribution in [3.8, 4) is 35.0 Å². The molecule has 0 saturated carbocycles. The van der Waals surface area contributed by atoms with Gasteiger partial charge in [-0.25, -0.2) is 0 Å². The molecule has 0 aliphatic carbocycles.